The maximum absolute atomic E-state index is 12.1. The monoisotopic (exact) mass is 312 g/mol. The predicted octanol–water partition coefficient (Wildman–Crippen LogP) is 1.80. The van der Waals surface area contributed by atoms with Gasteiger partial charge in [-0.1, -0.05) is 12.1 Å². The number of fused-ring (bicyclic) bond motifs is 1. The third-order valence-electron chi connectivity index (χ3n) is 2.73. The Labute approximate surface area is 119 Å². The number of halogens is 3. The third kappa shape index (κ3) is 3.05. The van der Waals surface area contributed by atoms with E-state index in [1.807, 2.05) is 0 Å². The highest BCUT2D eigenvalue weighted by molar-refractivity contribution is 5.62. The molecule has 0 aliphatic carbocycles. The van der Waals surface area contributed by atoms with Crippen molar-refractivity contribution < 1.29 is 22.5 Å². The number of hydrogen-bond donors (Lipinski definition) is 1. The third-order valence-corrected chi connectivity index (χ3v) is 2.73. The number of hydrogen-bond acceptors (Lipinski definition) is 6. The Morgan fingerprint density at radius 3 is 2.59 bits per heavy atom. The van der Waals surface area contributed by atoms with Crippen LogP contribution >= 0.6 is 0 Å². The van der Waals surface area contributed by atoms with Crippen LogP contribution in [-0.4, -0.2) is 26.6 Å². The van der Waals surface area contributed by atoms with Crippen molar-refractivity contribution in [1.82, 2.24) is 20.3 Å². The second-order valence-electron chi connectivity index (χ2n) is 4.32. The predicted molar refractivity (Wildman–Crippen MR) is 66.2 cm³/mol. The van der Waals surface area contributed by atoms with Gasteiger partial charge in [0.2, 0.25) is 11.3 Å². The molecular weight excluding hydrogens is 305 g/mol. The zero-order valence-corrected chi connectivity index (χ0v) is 10.7. The SMILES string of the molecule is O=c1[nH]c2nonc2nc1Cc1ccc(OC(F)(F)F)cc1. The Hall–Kier alpha value is -2.91. The van der Waals surface area contributed by atoms with Crippen molar-refractivity contribution in [3.8, 4) is 5.75 Å². The second kappa shape index (κ2) is 5.13. The lowest BCUT2D eigenvalue weighted by Crippen LogP contribution is -2.17. The van der Waals surface area contributed by atoms with Gasteiger partial charge in [0.25, 0.3) is 5.56 Å². The van der Waals surface area contributed by atoms with E-state index in [1.54, 1.807) is 0 Å². The van der Waals surface area contributed by atoms with E-state index in [0.717, 1.165) is 12.1 Å². The van der Waals surface area contributed by atoms with Crippen molar-refractivity contribution in [3.63, 3.8) is 0 Å². The van der Waals surface area contributed by atoms with Gasteiger partial charge in [-0.25, -0.2) is 9.61 Å². The summed E-state index contributed by atoms with van der Waals surface area (Å²) < 4.78 is 44.4. The lowest BCUT2D eigenvalue weighted by atomic mass is 10.1. The largest absolute Gasteiger partial charge is 0.573 e. The molecule has 0 amide bonds. The smallest absolute Gasteiger partial charge is 0.406 e. The van der Waals surface area contributed by atoms with E-state index in [1.165, 1.54) is 12.1 Å². The summed E-state index contributed by atoms with van der Waals surface area (Å²) >= 11 is 0. The van der Waals surface area contributed by atoms with Crippen LogP contribution in [0.3, 0.4) is 0 Å². The van der Waals surface area contributed by atoms with Crippen LogP contribution in [0, 0.1) is 0 Å². The van der Waals surface area contributed by atoms with Crippen LogP contribution in [0.25, 0.3) is 11.3 Å². The van der Waals surface area contributed by atoms with E-state index in [-0.39, 0.29) is 29.2 Å². The molecule has 0 bridgehead atoms. The zero-order chi connectivity index (χ0) is 15.7. The zero-order valence-electron chi connectivity index (χ0n) is 10.7. The molecule has 0 radical (unpaired) electrons. The molecule has 3 aromatic rings. The molecule has 0 aliphatic rings. The fourth-order valence-corrected chi connectivity index (χ4v) is 1.82. The molecular formula is C12H7F3N4O3. The van der Waals surface area contributed by atoms with Gasteiger partial charge in [-0.3, -0.25) is 9.78 Å². The highest BCUT2D eigenvalue weighted by atomic mass is 19.4. The molecule has 1 aromatic carbocycles. The standard InChI is InChI=1S/C12H7F3N4O3/c13-12(14,15)21-7-3-1-6(2-4-7)5-8-11(20)17-10-9(16-8)18-22-19-10/h1-4H,5H2,(H,17,19,20). The van der Waals surface area contributed by atoms with Crippen LogP contribution < -0.4 is 10.3 Å². The highest BCUT2D eigenvalue weighted by Crippen LogP contribution is 2.23. The lowest BCUT2D eigenvalue weighted by Gasteiger charge is -2.09. The molecule has 0 saturated heterocycles. The number of aromatic amines is 1. The number of nitrogens with one attached hydrogen (secondary N) is 1. The first-order chi connectivity index (χ1) is 10.4. The van der Waals surface area contributed by atoms with Crippen LogP contribution in [0.5, 0.6) is 5.75 Å². The van der Waals surface area contributed by atoms with Gasteiger partial charge < -0.3 is 4.74 Å². The first-order valence-corrected chi connectivity index (χ1v) is 5.97. The number of nitrogens with zero attached hydrogens (tertiary/aromatic N) is 3. The summed E-state index contributed by atoms with van der Waals surface area (Å²) in [6, 6.07) is 5.14. The van der Waals surface area contributed by atoms with Gasteiger partial charge in [-0.05, 0) is 28.0 Å². The van der Waals surface area contributed by atoms with E-state index in [9.17, 15) is 18.0 Å². The van der Waals surface area contributed by atoms with Gasteiger partial charge >= 0.3 is 6.36 Å². The Kier molecular flexibility index (Phi) is 3.28. The van der Waals surface area contributed by atoms with Gasteiger partial charge in [-0.2, -0.15) is 0 Å². The number of benzene rings is 1. The van der Waals surface area contributed by atoms with Crippen LogP contribution in [-0.2, 0) is 6.42 Å². The number of H-pyrrole nitrogens is 1. The number of rotatable bonds is 3. The fourth-order valence-electron chi connectivity index (χ4n) is 1.82. The van der Waals surface area contributed by atoms with Crippen molar-refractivity contribution in [2.45, 2.75) is 12.8 Å². The van der Waals surface area contributed by atoms with Crippen LogP contribution in [0.4, 0.5) is 13.2 Å². The lowest BCUT2D eigenvalue weighted by molar-refractivity contribution is -0.274. The molecule has 0 aliphatic heterocycles. The minimum Gasteiger partial charge on any atom is -0.406 e. The summed E-state index contributed by atoms with van der Waals surface area (Å²) in [7, 11) is 0. The molecule has 1 N–H and O–H groups in total. The summed E-state index contributed by atoms with van der Waals surface area (Å²) in [6.45, 7) is 0. The Balaban J connectivity index is 1.82. The van der Waals surface area contributed by atoms with E-state index in [2.05, 4.69) is 29.6 Å². The van der Waals surface area contributed by atoms with Crippen LogP contribution in [0.2, 0.25) is 0 Å². The Morgan fingerprint density at radius 2 is 1.91 bits per heavy atom. The molecule has 2 aromatic heterocycles. The minimum atomic E-state index is -4.74. The van der Waals surface area contributed by atoms with Gasteiger partial charge in [0, 0.05) is 6.42 Å². The molecule has 114 valence electrons. The van der Waals surface area contributed by atoms with Crippen LogP contribution in [0.1, 0.15) is 11.3 Å². The molecule has 0 spiro atoms. The molecule has 22 heavy (non-hydrogen) atoms. The number of ether oxygens (including phenoxy) is 1. The average molecular weight is 312 g/mol. The van der Waals surface area contributed by atoms with Crippen molar-refractivity contribution >= 4 is 11.3 Å². The molecule has 0 unspecified atom stereocenters. The molecule has 10 heteroatoms. The van der Waals surface area contributed by atoms with Gasteiger partial charge in [-0.15, -0.1) is 13.2 Å². The normalized spacial score (nSPS) is 11.8. The van der Waals surface area contributed by atoms with Crippen LogP contribution in [0.15, 0.2) is 33.7 Å². The maximum Gasteiger partial charge on any atom is 0.573 e. The summed E-state index contributed by atoms with van der Waals surface area (Å²) in [4.78, 5) is 18.2. The minimum absolute atomic E-state index is 0.116. The molecule has 7 nitrogen and oxygen atoms in total. The fraction of sp³-hybridized carbons (Fsp3) is 0.167. The highest BCUT2D eigenvalue weighted by Gasteiger charge is 2.30. The summed E-state index contributed by atoms with van der Waals surface area (Å²) in [5.41, 5.74) is 0.532. The van der Waals surface area contributed by atoms with Crippen molar-refractivity contribution in [3.05, 3.63) is 45.9 Å². The summed E-state index contributed by atoms with van der Waals surface area (Å²) in [6.07, 6.45) is -4.63. The summed E-state index contributed by atoms with van der Waals surface area (Å²) in [5.74, 6) is -0.339. The Bertz CT molecular complexity index is 854. The molecule has 3 rings (SSSR count). The number of alkyl halides is 3. The van der Waals surface area contributed by atoms with E-state index in [0.29, 0.717) is 5.56 Å². The maximum atomic E-state index is 12.1. The van der Waals surface area contributed by atoms with Gasteiger partial charge in [0.1, 0.15) is 11.4 Å². The van der Waals surface area contributed by atoms with Crippen molar-refractivity contribution in [2.75, 3.05) is 0 Å². The molecule has 2 heterocycles. The molecule has 0 fully saturated rings. The average Bonchev–Trinajstić information content (AvgIpc) is 2.87. The quantitative estimate of drug-likeness (QED) is 0.792. The van der Waals surface area contributed by atoms with Crippen molar-refractivity contribution in [2.24, 2.45) is 0 Å². The first-order valence-electron chi connectivity index (χ1n) is 5.97. The van der Waals surface area contributed by atoms with E-state index >= 15 is 0 Å². The Morgan fingerprint density at radius 1 is 1.18 bits per heavy atom. The molecule has 0 atom stereocenters. The van der Waals surface area contributed by atoms with E-state index in [4.69, 9.17) is 0 Å². The number of aromatic nitrogens is 4. The summed E-state index contributed by atoms with van der Waals surface area (Å²) in [5, 5.41) is 6.95. The van der Waals surface area contributed by atoms with Crippen molar-refractivity contribution in [1.29, 1.82) is 0 Å². The first kappa shape index (κ1) is 14.0. The van der Waals surface area contributed by atoms with E-state index < -0.39 is 11.9 Å². The van der Waals surface area contributed by atoms with Gasteiger partial charge in [0.05, 0.1) is 0 Å². The topological polar surface area (TPSA) is 93.9 Å². The van der Waals surface area contributed by atoms with Gasteiger partial charge in [0.15, 0.2) is 0 Å². The molecule has 0 saturated carbocycles. The second-order valence-corrected chi connectivity index (χ2v) is 4.32.